The van der Waals surface area contributed by atoms with Crippen LogP contribution in [-0.2, 0) is 4.74 Å². The molecule has 0 saturated heterocycles. The Balaban J connectivity index is -0.000000227. The number of nitrogen functional groups attached to an aromatic ring is 5. The molecule has 0 saturated carbocycles. The zero-order valence-electron chi connectivity index (χ0n) is 36.5. The summed E-state index contributed by atoms with van der Waals surface area (Å²) in [6.07, 6.45) is 1.73. The summed E-state index contributed by atoms with van der Waals surface area (Å²) in [6, 6.07) is 17.0. The molecule has 0 bridgehead atoms. The minimum absolute atomic E-state index is 0. The van der Waals surface area contributed by atoms with E-state index in [1.807, 2.05) is 83.3 Å². The Hall–Kier alpha value is -7.82. The predicted octanol–water partition coefficient (Wildman–Crippen LogP) is 4.62. The fraction of sp³-hybridized carbons (Fsp3) is 0.300. The number of amides is 1. The molecular weight excluding hydrogens is 767 g/mol. The Morgan fingerprint density at radius 2 is 0.950 bits per heavy atom. The molecule has 1 amide bonds. The van der Waals surface area contributed by atoms with E-state index in [9.17, 15) is 9.59 Å². The van der Waals surface area contributed by atoms with Crippen molar-refractivity contribution in [3.63, 3.8) is 0 Å². The van der Waals surface area contributed by atoms with Gasteiger partial charge in [-0.15, -0.1) is 4.98 Å². The van der Waals surface area contributed by atoms with Gasteiger partial charge in [-0.2, -0.15) is 0 Å². The smallest absolute Gasteiger partial charge is 0.356 e. The Morgan fingerprint density at radius 1 is 0.567 bits per heavy atom. The number of aryl methyl sites for hydroxylation is 1. The number of hydrogen-bond donors (Lipinski definition) is 6. The number of esters is 1. The van der Waals surface area contributed by atoms with Crippen molar-refractivity contribution in [2.45, 2.75) is 6.92 Å². The summed E-state index contributed by atoms with van der Waals surface area (Å²) < 4.78 is 4.55. The van der Waals surface area contributed by atoms with Crippen molar-refractivity contribution in [2.24, 2.45) is 5.73 Å². The van der Waals surface area contributed by atoms with E-state index >= 15 is 0 Å². The number of primary amides is 1. The predicted molar refractivity (Wildman–Crippen MR) is 256 cm³/mol. The average molecular weight is 841 g/mol. The Labute approximate surface area is 360 Å². The number of aromatic nitrogens is 5. The molecule has 5 heterocycles. The highest BCUT2D eigenvalue weighted by Gasteiger charge is 2.12. The SMILES string of the molecule is CN(C)c1nc(C(N)=O)ccc1N.CN(C)c1ncccc1N.COC(=O)c1ccc(N)c(N(C)C)n1.Cc1ccc(N)c(N(C)C)n1.[2HH].[2HH].[2HH].[2HH].[2HH].[C-]#[N+]c1ccc(N)c(N(C)C)n1. The maximum absolute atomic E-state index is 11.2. The third-order valence-corrected chi connectivity index (χ3v) is 7.44. The second kappa shape index (κ2) is 24.1. The summed E-state index contributed by atoms with van der Waals surface area (Å²) in [5.74, 6) is 2.77. The van der Waals surface area contributed by atoms with E-state index in [0.717, 1.165) is 23.0 Å². The number of methoxy groups -OCH3 is 1. The van der Waals surface area contributed by atoms with Crippen LogP contribution in [-0.4, -0.2) is 114 Å². The maximum Gasteiger partial charge on any atom is 0.356 e. The maximum atomic E-state index is 11.2. The zero-order valence-corrected chi connectivity index (χ0v) is 36.5. The summed E-state index contributed by atoms with van der Waals surface area (Å²) in [5.41, 5.74) is 37.9. The first kappa shape index (κ1) is 50.2. The van der Waals surface area contributed by atoms with Crippen LogP contribution in [0.1, 0.15) is 33.8 Å². The van der Waals surface area contributed by atoms with Crippen LogP contribution in [0, 0.1) is 13.5 Å². The minimum Gasteiger partial charge on any atom is -0.464 e. The molecule has 0 aliphatic carbocycles. The van der Waals surface area contributed by atoms with Crippen molar-refractivity contribution >= 4 is 75.2 Å². The summed E-state index contributed by atoms with van der Waals surface area (Å²) in [4.78, 5) is 54.6. The average Bonchev–Trinajstić information content (AvgIpc) is 3.19. The van der Waals surface area contributed by atoms with Crippen molar-refractivity contribution in [1.82, 2.24) is 24.9 Å². The second-order valence-electron chi connectivity index (χ2n) is 13.5. The molecule has 0 unspecified atom stereocenters. The fourth-order valence-corrected chi connectivity index (χ4v) is 4.55. The Morgan fingerprint density at radius 3 is 1.33 bits per heavy atom. The molecule has 0 fully saturated rings. The van der Waals surface area contributed by atoms with Gasteiger partial charge in [0.25, 0.3) is 11.7 Å². The number of nitrogens with two attached hydrogens (primary N) is 6. The number of pyridine rings is 5. The van der Waals surface area contributed by atoms with Gasteiger partial charge in [-0.25, -0.2) is 24.7 Å². The third kappa shape index (κ3) is 16.0. The molecule has 0 aromatic carbocycles. The monoisotopic (exact) mass is 841 g/mol. The van der Waals surface area contributed by atoms with E-state index in [4.69, 9.17) is 41.0 Å². The van der Waals surface area contributed by atoms with E-state index in [0.29, 0.717) is 46.0 Å². The first-order valence-electron chi connectivity index (χ1n) is 17.9. The van der Waals surface area contributed by atoms with Gasteiger partial charge >= 0.3 is 5.97 Å². The van der Waals surface area contributed by atoms with Crippen molar-refractivity contribution in [2.75, 3.05) is 131 Å². The van der Waals surface area contributed by atoms with Crippen molar-refractivity contribution in [1.29, 1.82) is 0 Å². The van der Waals surface area contributed by atoms with Crippen molar-refractivity contribution in [3.05, 3.63) is 95.4 Å². The quantitative estimate of drug-likeness (QED) is 0.0962. The molecule has 5 rings (SSSR count). The Kier molecular flexibility index (Phi) is 20.1. The fourth-order valence-electron chi connectivity index (χ4n) is 4.55. The summed E-state index contributed by atoms with van der Waals surface area (Å²) >= 11 is 0. The van der Waals surface area contributed by atoms with Crippen LogP contribution in [0.4, 0.5) is 63.3 Å². The summed E-state index contributed by atoms with van der Waals surface area (Å²) in [7, 11) is 19.9. The van der Waals surface area contributed by atoms with Crippen LogP contribution in [0.25, 0.3) is 4.85 Å². The Bertz CT molecular complexity index is 2230. The lowest BCUT2D eigenvalue weighted by Crippen LogP contribution is -2.18. The van der Waals surface area contributed by atoms with Crippen LogP contribution in [0.5, 0.6) is 0 Å². The molecule has 0 aliphatic heterocycles. The lowest BCUT2D eigenvalue weighted by atomic mass is 10.3. The zero-order chi connectivity index (χ0) is 45.9. The molecule has 20 heteroatoms. The molecular formula is C40H69N17O3. The molecule has 0 spiro atoms. The molecule has 60 heavy (non-hydrogen) atoms. The molecule has 332 valence electrons. The van der Waals surface area contributed by atoms with Gasteiger partial charge in [-0.05, 0) is 67.6 Å². The number of carbonyl (C=O) groups excluding carboxylic acids is 2. The highest BCUT2D eigenvalue weighted by atomic mass is 16.5. The van der Waals surface area contributed by atoms with Gasteiger partial charge in [0.15, 0.2) is 29.0 Å². The van der Waals surface area contributed by atoms with Gasteiger partial charge in [0.2, 0.25) is 5.82 Å². The minimum atomic E-state index is -0.553. The summed E-state index contributed by atoms with van der Waals surface area (Å²) in [5, 5.41) is 0. The molecule has 12 N–H and O–H groups in total. The number of anilines is 10. The first-order valence-corrected chi connectivity index (χ1v) is 17.9. The largest absolute Gasteiger partial charge is 0.464 e. The molecule has 0 atom stereocenters. The first-order chi connectivity index (χ1) is 28.0. The topological polar surface area (TPSA) is 285 Å². The van der Waals surface area contributed by atoms with Gasteiger partial charge in [0.05, 0.1) is 35.5 Å². The molecule has 5 aromatic rings. The summed E-state index contributed by atoms with van der Waals surface area (Å²) in [6.45, 7) is 8.71. The van der Waals surface area contributed by atoms with Crippen LogP contribution >= 0.6 is 0 Å². The van der Waals surface area contributed by atoms with Gasteiger partial charge < -0.3 is 68.5 Å². The van der Waals surface area contributed by atoms with Gasteiger partial charge in [-0.1, -0.05) is 6.57 Å². The van der Waals surface area contributed by atoms with E-state index in [2.05, 4.69) is 34.5 Å². The molecule has 5 aromatic heterocycles. The van der Waals surface area contributed by atoms with Gasteiger partial charge in [0.1, 0.15) is 5.69 Å². The number of ether oxygens (including phenoxy) is 1. The van der Waals surface area contributed by atoms with E-state index in [1.54, 1.807) is 73.4 Å². The van der Waals surface area contributed by atoms with Crippen molar-refractivity contribution in [3.8, 4) is 0 Å². The highest BCUT2D eigenvalue weighted by molar-refractivity contribution is 5.92. The van der Waals surface area contributed by atoms with Crippen LogP contribution in [0.15, 0.2) is 66.9 Å². The van der Waals surface area contributed by atoms with Gasteiger partial charge in [-0.3, -0.25) is 4.79 Å². The third-order valence-electron chi connectivity index (χ3n) is 7.44. The molecule has 0 radical (unpaired) electrons. The number of carbonyl (C=O) groups is 2. The normalized spacial score (nSPS) is 9.52. The highest BCUT2D eigenvalue weighted by Crippen LogP contribution is 2.22. The number of hydrogen-bond acceptors (Lipinski definition) is 18. The standard InChI is InChI=1S/C9H13N3O2.C8H12N4O.C8H10N4.C8H13N3.C7H11N3.5H2/c1-12(2)8-6(10)4-5-7(11-8)9(13)14-3;1-12(2)8-5(9)3-4-6(11-8)7(10)13;1-10-7-5-4-6(9)8(11-7)12(2)3;1-6-4-5-7(9)8(10-6)11(2)3;1-10(2)7-6(8)4-3-5-9-7;;;;;/h4-5H,10H2,1-3H3;3-4H,9H2,1-2H3,(H2,10,13);4-5H,9H2,2-3H3;4-5H,9H2,1-3H3;3-5H,8H2,1-2H3;5*1H/i;;;;;5*1+1. The molecule has 0 aliphatic rings. The van der Waals surface area contributed by atoms with Crippen molar-refractivity contribution < 1.29 is 21.5 Å². The van der Waals surface area contributed by atoms with Crippen LogP contribution in [0.2, 0.25) is 0 Å². The lowest BCUT2D eigenvalue weighted by molar-refractivity contribution is 0.0594. The van der Waals surface area contributed by atoms with E-state index < -0.39 is 11.9 Å². The second-order valence-corrected chi connectivity index (χ2v) is 13.5. The molecule has 20 nitrogen and oxygen atoms in total. The van der Waals surface area contributed by atoms with E-state index in [-0.39, 0.29) is 18.5 Å². The van der Waals surface area contributed by atoms with Gasteiger partial charge in [0, 0.05) is 89.5 Å². The van der Waals surface area contributed by atoms with Crippen LogP contribution in [0.3, 0.4) is 0 Å². The van der Waals surface area contributed by atoms with E-state index in [1.165, 1.54) is 19.2 Å². The number of nitrogens with zero attached hydrogens (tertiary/aromatic N) is 11. The van der Waals surface area contributed by atoms with Crippen LogP contribution < -0.4 is 58.9 Å². The number of rotatable bonds is 7. The lowest BCUT2D eigenvalue weighted by Gasteiger charge is -2.14.